The average molecular weight is 285 g/mol. The Morgan fingerprint density at radius 3 is 3.06 bits per heavy atom. The lowest BCUT2D eigenvalue weighted by Crippen LogP contribution is -2.26. The highest BCUT2D eigenvalue weighted by atomic mass is 35.5. The highest BCUT2D eigenvalue weighted by Gasteiger charge is 2.11. The quantitative estimate of drug-likeness (QED) is 0.938. The van der Waals surface area contributed by atoms with E-state index in [4.69, 9.17) is 11.6 Å². The largest absolute Gasteiger partial charge is 0.352 e. The van der Waals surface area contributed by atoms with Gasteiger partial charge in [0.25, 0.3) is 5.91 Å². The molecule has 0 saturated carbocycles. The number of carbonyl (C=O) groups is 1. The van der Waals surface area contributed by atoms with E-state index in [1.165, 1.54) is 29.5 Å². The zero-order valence-corrected chi connectivity index (χ0v) is 10.9. The van der Waals surface area contributed by atoms with Crippen molar-refractivity contribution in [3.8, 4) is 0 Å². The Morgan fingerprint density at radius 1 is 1.50 bits per heavy atom. The average Bonchev–Trinajstić information content (AvgIpc) is 2.85. The van der Waals surface area contributed by atoms with E-state index in [1.54, 1.807) is 5.51 Å². The van der Waals surface area contributed by atoms with Gasteiger partial charge in [0.2, 0.25) is 0 Å². The van der Waals surface area contributed by atoms with Crippen LogP contribution in [0.15, 0.2) is 29.1 Å². The molecular weight excluding hydrogens is 275 g/mol. The van der Waals surface area contributed by atoms with Crippen molar-refractivity contribution in [2.75, 3.05) is 6.54 Å². The molecule has 1 heterocycles. The van der Waals surface area contributed by atoms with Gasteiger partial charge in [0.1, 0.15) is 5.82 Å². The van der Waals surface area contributed by atoms with Crippen LogP contribution in [-0.2, 0) is 6.42 Å². The number of hydrogen-bond donors (Lipinski definition) is 1. The number of hydrogen-bond acceptors (Lipinski definition) is 3. The maximum Gasteiger partial charge on any atom is 0.254 e. The lowest BCUT2D eigenvalue weighted by atomic mass is 10.2. The lowest BCUT2D eigenvalue weighted by Gasteiger charge is -2.05. The molecule has 1 amide bonds. The number of aromatic nitrogens is 1. The van der Waals surface area contributed by atoms with E-state index in [-0.39, 0.29) is 5.56 Å². The Kier molecular flexibility index (Phi) is 4.28. The van der Waals surface area contributed by atoms with Crippen molar-refractivity contribution in [2.24, 2.45) is 0 Å². The molecule has 0 atom stereocenters. The number of amides is 1. The van der Waals surface area contributed by atoms with Gasteiger partial charge in [-0.2, -0.15) is 0 Å². The fourth-order valence-corrected chi connectivity index (χ4v) is 2.20. The summed E-state index contributed by atoms with van der Waals surface area (Å²) < 4.78 is 13.4. The van der Waals surface area contributed by atoms with E-state index in [1.807, 2.05) is 5.38 Å². The molecule has 0 bridgehead atoms. The van der Waals surface area contributed by atoms with Gasteiger partial charge in [-0.15, -0.1) is 11.3 Å². The topological polar surface area (TPSA) is 42.0 Å². The van der Waals surface area contributed by atoms with Crippen LogP contribution in [0.1, 0.15) is 16.1 Å². The summed E-state index contributed by atoms with van der Waals surface area (Å²) in [6.07, 6.45) is 0.622. The van der Waals surface area contributed by atoms with Crippen molar-refractivity contribution in [3.63, 3.8) is 0 Å². The standard InChI is InChI=1S/C12H10ClFN2OS/c13-8-1-2-11(14)10(5-8)12(17)15-4-3-9-6-18-7-16-9/h1-2,5-7H,3-4H2,(H,15,17). The van der Waals surface area contributed by atoms with E-state index in [0.717, 1.165) is 5.69 Å². The molecule has 0 spiro atoms. The highest BCUT2D eigenvalue weighted by molar-refractivity contribution is 7.07. The number of carbonyl (C=O) groups excluding carboxylic acids is 1. The molecule has 3 nitrogen and oxygen atoms in total. The second-order valence-corrected chi connectivity index (χ2v) is 4.76. The van der Waals surface area contributed by atoms with Crippen LogP contribution in [0.2, 0.25) is 5.02 Å². The molecule has 1 N–H and O–H groups in total. The van der Waals surface area contributed by atoms with Crippen LogP contribution in [0.5, 0.6) is 0 Å². The summed E-state index contributed by atoms with van der Waals surface area (Å²) in [4.78, 5) is 15.8. The SMILES string of the molecule is O=C(NCCc1cscn1)c1cc(Cl)ccc1F. The molecule has 2 rings (SSSR count). The number of halogens is 2. The monoisotopic (exact) mass is 284 g/mol. The number of rotatable bonds is 4. The van der Waals surface area contributed by atoms with Crippen LogP contribution < -0.4 is 5.32 Å². The second-order valence-electron chi connectivity index (χ2n) is 3.61. The first-order valence-electron chi connectivity index (χ1n) is 5.27. The van der Waals surface area contributed by atoms with E-state index in [0.29, 0.717) is 18.0 Å². The van der Waals surface area contributed by atoms with Crippen LogP contribution in [0.25, 0.3) is 0 Å². The van der Waals surface area contributed by atoms with Crippen molar-refractivity contribution in [2.45, 2.75) is 6.42 Å². The van der Waals surface area contributed by atoms with Gasteiger partial charge in [0.05, 0.1) is 16.8 Å². The summed E-state index contributed by atoms with van der Waals surface area (Å²) in [6, 6.07) is 3.90. The van der Waals surface area contributed by atoms with Crippen molar-refractivity contribution in [1.29, 1.82) is 0 Å². The molecule has 0 radical (unpaired) electrons. The number of thiazole rings is 1. The first kappa shape index (κ1) is 13.0. The summed E-state index contributed by atoms with van der Waals surface area (Å²) in [5.41, 5.74) is 2.60. The van der Waals surface area contributed by atoms with Crippen LogP contribution in [0, 0.1) is 5.82 Å². The molecule has 0 aliphatic heterocycles. The third-order valence-corrected chi connectivity index (χ3v) is 3.19. The molecule has 2 aromatic rings. The fraction of sp³-hybridized carbons (Fsp3) is 0.167. The van der Waals surface area contributed by atoms with Crippen molar-refractivity contribution in [1.82, 2.24) is 10.3 Å². The number of nitrogens with zero attached hydrogens (tertiary/aromatic N) is 1. The normalized spacial score (nSPS) is 10.3. The van der Waals surface area contributed by atoms with Gasteiger partial charge >= 0.3 is 0 Å². The van der Waals surface area contributed by atoms with Gasteiger partial charge in [-0.05, 0) is 18.2 Å². The third-order valence-electron chi connectivity index (χ3n) is 2.32. The molecule has 0 fully saturated rings. The van der Waals surface area contributed by atoms with E-state index < -0.39 is 11.7 Å². The first-order valence-corrected chi connectivity index (χ1v) is 6.59. The summed E-state index contributed by atoms with van der Waals surface area (Å²) in [6.45, 7) is 0.411. The van der Waals surface area contributed by atoms with Crippen molar-refractivity contribution in [3.05, 3.63) is 51.2 Å². The zero-order valence-electron chi connectivity index (χ0n) is 9.32. The van der Waals surface area contributed by atoms with Crippen LogP contribution in [0.3, 0.4) is 0 Å². The fourth-order valence-electron chi connectivity index (χ4n) is 1.43. The van der Waals surface area contributed by atoms with Crippen molar-refractivity contribution < 1.29 is 9.18 Å². The van der Waals surface area contributed by atoms with E-state index in [9.17, 15) is 9.18 Å². The lowest BCUT2D eigenvalue weighted by molar-refractivity contribution is 0.0950. The molecule has 94 valence electrons. The van der Waals surface area contributed by atoms with Gasteiger partial charge in [-0.3, -0.25) is 4.79 Å². The maximum absolute atomic E-state index is 13.4. The van der Waals surface area contributed by atoms with Gasteiger partial charge in [0.15, 0.2) is 0 Å². The van der Waals surface area contributed by atoms with Crippen LogP contribution >= 0.6 is 22.9 Å². The minimum Gasteiger partial charge on any atom is -0.352 e. The molecule has 0 saturated heterocycles. The molecule has 0 unspecified atom stereocenters. The Morgan fingerprint density at radius 2 is 2.33 bits per heavy atom. The predicted octanol–water partition coefficient (Wildman–Crippen LogP) is 2.91. The third kappa shape index (κ3) is 3.27. The summed E-state index contributed by atoms with van der Waals surface area (Å²) in [7, 11) is 0. The van der Waals surface area contributed by atoms with Crippen LogP contribution in [-0.4, -0.2) is 17.4 Å². The Balaban J connectivity index is 1.93. The maximum atomic E-state index is 13.4. The van der Waals surface area contributed by atoms with Gasteiger partial charge in [-0.25, -0.2) is 9.37 Å². The second kappa shape index (κ2) is 5.93. The minimum atomic E-state index is -0.578. The smallest absolute Gasteiger partial charge is 0.254 e. The van der Waals surface area contributed by atoms with Gasteiger partial charge in [0, 0.05) is 23.4 Å². The Hall–Kier alpha value is -1.46. The first-order chi connectivity index (χ1) is 8.66. The number of nitrogens with one attached hydrogen (secondary N) is 1. The van der Waals surface area contributed by atoms with E-state index >= 15 is 0 Å². The number of benzene rings is 1. The molecule has 0 aliphatic rings. The molecule has 1 aromatic carbocycles. The van der Waals surface area contributed by atoms with Crippen molar-refractivity contribution >= 4 is 28.8 Å². The summed E-state index contributed by atoms with van der Waals surface area (Å²) >= 11 is 7.22. The molecular formula is C12H10ClFN2OS. The molecule has 6 heteroatoms. The predicted molar refractivity (Wildman–Crippen MR) is 69.6 cm³/mol. The highest BCUT2D eigenvalue weighted by Crippen LogP contribution is 2.14. The zero-order chi connectivity index (χ0) is 13.0. The van der Waals surface area contributed by atoms with Crippen LogP contribution in [0.4, 0.5) is 4.39 Å². The molecule has 0 aliphatic carbocycles. The molecule has 1 aromatic heterocycles. The summed E-state index contributed by atoms with van der Waals surface area (Å²) in [5, 5.41) is 4.88. The Bertz CT molecular complexity index is 545. The van der Waals surface area contributed by atoms with Gasteiger partial charge < -0.3 is 5.32 Å². The van der Waals surface area contributed by atoms with E-state index in [2.05, 4.69) is 10.3 Å². The molecule has 18 heavy (non-hydrogen) atoms. The summed E-state index contributed by atoms with van der Waals surface area (Å²) in [5.74, 6) is -1.05. The minimum absolute atomic E-state index is 0.0409. The van der Waals surface area contributed by atoms with Gasteiger partial charge in [-0.1, -0.05) is 11.6 Å². The Labute approximate surface area is 113 Å².